The van der Waals surface area contributed by atoms with Crippen molar-refractivity contribution >= 4 is 34.4 Å². The molecule has 0 unspecified atom stereocenters. The molecule has 0 N–H and O–H groups in total. The number of ether oxygens (including phenoxy) is 2. The largest absolute Gasteiger partial charge is 0.497 e. The Labute approximate surface area is 249 Å². The molecule has 0 aliphatic carbocycles. The van der Waals surface area contributed by atoms with Gasteiger partial charge < -0.3 is 19.3 Å². The molecule has 0 bridgehead atoms. The lowest BCUT2D eigenvalue weighted by Crippen LogP contribution is -2.43. The van der Waals surface area contributed by atoms with E-state index in [1.165, 1.54) is 11.3 Å². The van der Waals surface area contributed by atoms with E-state index in [9.17, 15) is 14.4 Å². The Morgan fingerprint density at radius 2 is 1.79 bits per heavy atom. The van der Waals surface area contributed by atoms with Crippen LogP contribution in [0.25, 0.3) is 5.57 Å². The Morgan fingerprint density at radius 3 is 2.45 bits per heavy atom. The summed E-state index contributed by atoms with van der Waals surface area (Å²) in [5.74, 6) is 0.667. The molecule has 10 heteroatoms. The molecule has 42 heavy (non-hydrogen) atoms. The van der Waals surface area contributed by atoms with Crippen molar-refractivity contribution in [2.45, 2.75) is 46.6 Å². The summed E-state index contributed by atoms with van der Waals surface area (Å²) in [7, 11) is 3.12. The highest BCUT2D eigenvalue weighted by molar-refractivity contribution is 7.07. The minimum atomic E-state index is -0.836. The zero-order chi connectivity index (χ0) is 30.1. The van der Waals surface area contributed by atoms with E-state index in [0.29, 0.717) is 62.9 Å². The number of benzene rings is 2. The van der Waals surface area contributed by atoms with Crippen LogP contribution in [-0.4, -0.2) is 55.1 Å². The maximum absolute atomic E-state index is 14.5. The number of para-hydroxylation sites is 1. The number of unbranched alkanes of at least 4 members (excludes halogenated alkanes) is 1. The van der Waals surface area contributed by atoms with Crippen LogP contribution in [0.1, 0.15) is 57.7 Å². The van der Waals surface area contributed by atoms with Gasteiger partial charge in [-0.1, -0.05) is 42.9 Å². The van der Waals surface area contributed by atoms with Crippen LogP contribution in [0.2, 0.25) is 0 Å². The van der Waals surface area contributed by atoms with Gasteiger partial charge in [0.05, 0.1) is 36.8 Å². The molecule has 2 aliphatic heterocycles. The molecule has 2 aliphatic rings. The van der Waals surface area contributed by atoms with Gasteiger partial charge in [-0.15, -0.1) is 0 Å². The first-order chi connectivity index (χ1) is 20.3. The Kier molecular flexibility index (Phi) is 8.36. The van der Waals surface area contributed by atoms with Crippen LogP contribution < -0.4 is 29.3 Å². The number of rotatable bonds is 9. The zero-order valence-electron chi connectivity index (χ0n) is 24.9. The van der Waals surface area contributed by atoms with Crippen LogP contribution in [0.5, 0.6) is 11.5 Å². The lowest BCUT2D eigenvalue weighted by atomic mass is 9.93. The highest BCUT2D eigenvalue weighted by Gasteiger charge is 2.38. The molecule has 0 saturated carbocycles. The molecule has 3 heterocycles. The minimum Gasteiger partial charge on any atom is -0.497 e. The predicted octanol–water partition coefficient (Wildman–Crippen LogP) is 3.64. The van der Waals surface area contributed by atoms with E-state index >= 15 is 0 Å². The summed E-state index contributed by atoms with van der Waals surface area (Å²) in [6, 6.07) is 12.1. The maximum atomic E-state index is 14.5. The fourth-order valence-electron chi connectivity index (χ4n) is 5.71. The summed E-state index contributed by atoms with van der Waals surface area (Å²) >= 11 is 1.18. The third-order valence-corrected chi connectivity index (χ3v) is 8.95. The zero-order valence-corrected chi connectivity index (χ0v) is 25.7. The van der Waals surface area contributed by atoms with Crippen molar-refractivity contribution in [2.75, 3.05) is 38.8 Å². The number of fused-ring (bicyclic) bond motifs is 2. The number of aromatic nitrogens is 1. The first-order valence-electron chi connectivity index (χ1n) is 14.3. The molecule has 0 fully saturated rings. The third-order valence-electron chi connectivity index (χ3n) is 7.90. The van der Waals surface area contributed by atoms with Crippen molar-refractivity contribution in [3.05, 3.63) is 84.5 Å². The summed E-state index contributed by atoms with van der Waals surface area (Å²) in [6.45, 7) is 9.28. The van der Waals surface area contributed by atoms with Gasteiger partial charge in [-0.2, -0.15) is 0 Å². The highest BCUT2D eigenvalue weighted by atomic mass is 32.1. The van der Waals surface area contributed by atoms with Gasteiger partial charge in [0.15, 0.2) is 4.80 Å². The quantitative estimate of drug-likeness (QED) is 0.381. The summed E-state index contributed by atoms with van der Waals surface area (Å²) in [5, 5.41) is 0. The predicted molar refractivity (Wildman–Crippen MR) is 164 cm³/mol. The Balaban J connectivity index is 1.83. The fourth-order valence-corrected chi connectivity index (χ4v) is 6.85. The number of carbonyl (C=O) groups is 2. The standard InChI is InChI=1S/C32H36N4O5S/c1-7-10-17-35-23-14-12-11-13-21(23)26(30(35)38)28-31(39)36-27(22-18-20(40-5)15-16-24(22)41-6)25(19(4)33-32(36)42-28)29(37)34(8-2)9-3/h11-16,18,27H,7-10,17H2,1-6H3/b28-26-/t27-/m1/s1. The van der Waals surface area contributed by atoms with Gasteiger partial charge in [0.2, 0.25) is 0 Å². The number of nitrogens with zero attached hydrogens (tertiary/aromatic N) is 4. The molecule has 9 nitrogen and oxygen atoms in total. The molecule has 0 radical (unpaired) electrons. The Bertz CT molecular complexity index is 1770. The molecular formula is C32H36N4O5S. The first kappa shape index (κ1) is 29.3. The van der Waals surface area contributed by atoms with Crippen LogP contribution in [0.15, 0.2) is 63.5 Å². The number of methoxy groups -OCH3 is 2. The summed E-state index contributed by atoms with van der Waals surface area (Å²) in [4.78, 5) is 51.1. The molecule has 1 atom stereocenters. The maximum Gasteiger partial charge on any atom is 0.271 e. The second-order valence-electron chi connectivity index (χ2n) is 10.2. The van der Waals surface area contributed by atoms with Gasteiger partial charge >= 0.3 is 0 Å². The van der Waals surface area contributed by atoms with Gasteiger partial charge in [0.1, 0.15) is 22.1 Å². The van der Waals surface area contributed by atoms with Gasteiger partial charge in [-0.3, -0.25) is 19.0 Å². The molecule has 220 valence electrons. The van der Waals surface area contributed by atoms with Gasteiger partial charge in [-0.25, -0.2) is 4.99 Å². The second-order valence-corrected chi connectivity index (χ2v) is 11.2. The second kappa shape index (κ2) is 12.0. The minimum absolute atomic E-state index is 0.194. The average molecular weight is 589 g/mol. The number of hydrogen-bond acceptors (Lipinski definition) is 7. The molecule has 2 aromatic carbocycles. The Hall–Kier alpha value is -4.18. The lowest BCUT2D eigenvalue weighted by molar-refractivity contribution is -0.127. The van der Waals surface area contributed by atoms with E-state index in [1.807, 2.05) is 38.1 Å². The van der Waals surface area contributed by atoms with E-state index in [2.05, 4.69) is 6.92 Å². The van der Waals surface area contributed by atoms with E-state index in [4.69, 9.17) is 14.5 Å². The highest BCUT2D eigenvalue weighted by Crippen LogP contribution is 2.39. The number of hydrogen-bond donors (Lipinski definition) is 0. The summed E-state index contributed by atoms with van der Waals surface area (Å²) < 4.78 is 13.1. The van der Waals surface area contributed by atoms with E-state index < -0.39 is 6.04 Å². The van der Waals surface area contributed by atoms with Crippen LogP contribution in [0.4, 0.5) is 5.69 Å². The smallest absolute Gasteiger partial charge is 0.271 e. The van der Waals surface area contributed by atoms with Crippen LogP contribution in [0, 0.1) is 0 Å². The van der Waals surface area contributed by atoms with Crippen LogP contribution >= 0.6 is 11.3 Å². The van der Waals surface area contributed by atoms with Crippen molar-refractivity contribution in [3.63, 3.8) is 0 Å². The Morgan fingerprint density at radius 1 is 1.05 bits per heavy atom. The molecule has 0 spiro atoms. The summed E-state index contributed by atoms with van der Waals surface area (Å²) in [5.41, 5.74) is 3.04. The SMILES string of the molecule is CCCCN1C(=O)/C(=c2\sc3n(c2=O)[C@H](c2cc(OC)ccc2OC)C(C(=O)N(CC)CC)=C(C)N=3)c2ccccc21. The van der Waals surface area contributed by atoms with Crippen LogP contribution in [0.3, 0.4) is 0 Å². The monoisotopic (exact) mass is 588 g/mol. The normalized spacial score (nSPS) is 17.1. The van der Waals surface area contributed by atoms with Crippen molar-refractivity contribution in [1.29, 1.82) is 0 Å². The summed E-state index contributed by atoms with van der Waals surface area (Å²) in [6.07, 6.45) is 1.79. The van der Waals surface area contributed by atoms with E-state index in [-0.39, 0.29) is 17.4 Å². The molecule has 5 rings (SSSR count). The van der Waals surface area contributed by atoms with Crippen molar-refractivity contribution in [2.24, 2.45) is 4.99 Å². The lowest BCUT2D eigenvalue weighted by Gasteiger charge is -2.30. The topological polar surface area (TPSA) is 93.4 Å². The van der Waals surface area contributed by atoms with Crippen molar-refractivity contribution < 1.29 is 19.1 Å². The van der Waals surface area contributed by atoms with Gasteiger partial charge in [-0.05, 0) is 51.5 Å². The number of likely N-dealkylation sites (N-methyl/N-ethyl adjacent to an activating group) is 1. The van der Waals surface area contributed by atoms with Gasteiger partial charge in [0.25, 0.3) is 17.4 Å². The average Bonchev–Trinajstić information content (AvgIpc) is 3.47. The molecule has 1 aromatic heterocycles. The number of amides is 2. The van der Waals surface area contributed by atoms with E-state index in [1.54, 1.807) is 53.7 Å². The number of thiazole rings is 1. The molecule has 2 amide bonds. The molecule has 3 aromatic rings. The molecular weight excluding hydrogens is 552 g/mol. The number of allylic oxidation sites excluding steroid dienone is 1. The third kappa shape index (κ3) is 4.73. The number of anilines is 1. The fraction of sp³-hybridized carbons (Fsp3) is 0.375. The van der Waals surface area contributed by atoms with Crippen LogP contribution in [-0.2, 0) is 9.59 Å². The van der Waals surface area contributed by atoms with Crippen molar-refractivity contribution in [1.82, 2.24) is 9.47 Å². The molecule has 0 saturated heterocycles. The first-order valence-corrected chi connectivity index (χ1v) is 15.1. The van der Waals surface area contributed by atoms with Gasteiger partial charge in [0, 0.05) is 30.8 Å². The number of carbonyl (C=O) groups excluding carboxylic acids is 2. The van der Waals surface area contributed by atoms with Crippen molar-refractivity contribution in [3.8, 4) is 11.5 Å². The van der Waals surface area contributed by atoms with E-state index in [0.717, 1.165) is 24.1 Å².